The summed E-state index contributed by atoms with van der Waals surface area (Å²) in [6.07, 6.45) is 1.46. The highest BCUT2D eigenvalue weighted by Crippen LogP contribution is 2.40. The number of ether oxygens (including phenoxy) is 2. The Morgan fingerprint density at radius 3 is 2.65 bits per heavy atom. The first-order chi connectivity index (χ1) is 17.6. The molecule has 9 heteroatoms. The number of carbonyl (C=O) groups is 1. The molecule has 37 heavy (non-hydrogen) atoms. The Morgan fingerprint density at radius 2 is 1.95 bits per heavy atom. The molecule has 1 aliphatic rings. The maximum absolute atomic E-state index is 14.4. The lowest BCUT2D eigenvalue weighted by Crippen LogP contribution is -2.43. The van der Waals surface area contributed by atoms with E-state index < -0.39 is 27.9 Å². The van der Waals surface area contributed by atoms with Gasteiger partial charge in [0, 0.05) is 12.0 Å². The van der Waals surface area contributed by atoms with Gasteiger partial charge in [0.25, 0.3) is 10.0 Å². The number of rotatable bonds is 7. The molecule has 1 heterocycles. The van der Waals surface area contributed by atoms with E-state index in [1.54, 1.807) is 55.5 Å². The lowest BCUT2D eigenvalue weighted by atomic mass is 10.0. The second kappa shape index (κ2) is 10.9. The molecule has 0 saturated carbocycles. The van der Waals surface area contributed by atoms with Crippen molar-refractivity contribution in [3.63, 3.8) is 0 Å². The number of nitrogens with zero attached hydrogens (tertiary/aromatic N) is 1. The average molecular weight is 544 g/mol. The van der Waals surface area contributed by atoms with E-state index in [2.05, 4.69) is 0 Å². The molecule has 0 aromatic heterocycles. The number of esters is 1. The lowest BCUT2D eigenvalue weighted by Gasteiger charge is -2.36. The van der Waals surface area contributed by atoms with Crippen LogP contribution in [0.2, 0.25) is 5.02 Å². The molecule has 6 nitrogen and oxygen atoms in total. The molecule has 3 aromatic rings. The van der Waals surface area contributed by atoms with Crippen LogP contribution in [0.5, 0.6) is 5.75 Å². The monoisotopic (exact) mass is 543 g/mol. The van der Waals surface area contributed by atoms with Crippen molar-refractivity contribution >= 4 is 44.9 Å². The van der Waals surface area contributed by atoms with Crippen molar-refractivity contribution in [3.8, 4) is 5.75 Å². The maximum Gasteiger partial charge on any atom is 0.305 e. The van der Waals surface area contributed by atoms with E-state index in [-0.39, 0.29) is 28.4 Å². The fourth-order valence-corrected chi connectivity index (χ4v) is 5.99. The number of fused-ring (bicyclic) bond motifs is 1. The molecule has 1 atom stereocenters. The van der Waals surface area contributed by atoms with Crippen LogP contribution in [0.1, 0.15) is 36.5 Å². The van der Waals surface area contributed by atoms with Gasteiger partial charge in [-0.25, -0.2) is 12.8 Å². The highest BCUT2D eigenvalue weighted by molar-refractivity contribution is 7.92. The van der Waals surface area contributed by atoms with Crippen molar-refractivity contribution in [2.75, 3.05) is 18.0 Å². The van der Waals surface area contributed by atoms with E-state index >= 15 is 0 Å². The Kier molecular flexibility index (Phi) is 7.90. The van der Waals surface area contributed by atoms with Gasteiger partial charge in [-0.1, -0.05) is 35.9 Å². The Labute approximate surface area is 221 Å². The van der Waals surface area contributed by atoms with Crippen LogP contribution in [0.15, 0.2) is 65.6 Å². The summed E-state index contributed by atoms with van der Waals surface area (Å²) >= 11 is 6.19. The number of methoxy groups -OCH3 is 1. The molecule has 0 bridgehead atoms. The number of carbonyl (C=O) groups excluding carboxylic acids is 1. The summed E-state index contributed by atoms with van der Waals surface area (Å²) in [5.74, 6) is -0.478. The zero-order valence-corrected chi connectivity index (χ0v) is 22.3. The van der Waals surface area contributed by atoms with E-state index in [1.807, 2.05) is 13.0 Å². The van der Waals surface area contributed by atoms with Gasteiger partial charge in [-0.05, 0) is 79.4 Å². The average Bonchev–Trinajstić information content (AvgIpc) is 2.88. The number of hydrogen-bond acceptors (Lipinski definition) is 5. The standard InChI is InChI=1S/C28H27ClFNO5S/c1-18-6-4-7-22(14-18)37(33,34)31-17-21(11-13-28(32)35-3)36-27-12-10-20(16-26(27)31)19(2)15-23-24(29)8-5-9-25(23)30/h4-10,12,14-16,21H,11,13,17H2,1-3H3/b19-15+/t21-/m0/s1. The van der Waals surface area contributed by atoms with Gasteiger partial charge in [0.1, 0.15) is 17.7 Å². The third-order valence-electron chi connectivity index (χ3n) is 6.18. The first-order valence-corrected chi connectivity index (χ1v) is 13.5. The molecule has 0 fully saturated rings. The normalized spacial score (nSPS) is 15.6. The Hall–Kier alpha value is -3.36. The van der Waals surface area contributed by atoms with E-state index in [0.717, 1.165) is 5.56 Å². The summed E-state index contributed by atoms with van der Waals surface area (Å²) in [7, 11) is -2.65. The minimum absolute atomic E-state index is 0.0195. The second-order valence-electron chi connectivity index (χ2n) is 8.85. The molecule has 0 N–H and O–H groups in total. The van der Waals surface area contributed by atoms with Crippen molar-refractivity contribution in [1.29, 1.82) is 0 Å². The summed E-state index contributed by atoms with van der Waals surface area (Å²) in [4.78, 5) is 11.9. The van der Waals surface area contributed by atoms with Crippen LogP contribution in [-0.2, 0) is 19.6 Å². The number of anilines is 1. The minimum atomic E-state index is -3.95. The predicted octanol–water partition coefficient (Wildman–Crippen LogP) is 6.26. The van der Waals surface area contributed by atoms with Gasteiger partial charge in [0.15, 0.2) is 0 Å². The Morgan fingerprint density at radius 1 is 1.19 bits per heavy atom. The molecule has 0 saturated heterocycles. The van der Waals surface area contributed by atoms with E-state index in [9.17, 15) is 17.6 Å². The largest absolute Gasteiger partial charge is 0.486 e. The maximum atomic E-state index is 14.4. The quantitative estimate of drug-likeness (QED) is 0.260. The van der Waals surface area contributed by atoms with Crippen LogP contribution in [0.25, 0.3) is 11.6 Å². The Balaban J connectivity index is 1.77. The van der Waals surface area contributed by atoms with E-state index in [4.69, 9.17) is 21.1 Å². The smallest absolute Gasteiger partial charge is 0.305 e. The summed E-state index contributed by atoms with van der Waals surface area (Å²) in [5.41, 5.74) is 2.80. The highest BCUT2D eigenvalue weighted by atomic mass is 35.5. The number of allylic oxidation sites excluding steroid dienone is 1. The van der Waals surface area contributed by atoms with Gasteiger partial charge in [0.2, 0.25) is 0 Å². The molecule has 0 spiro atoms. The van der Waals surface area contributed by atoms with Crippen LogP contribution in [0.3, 0.4) is 0 Å². The number of halogens is 2. The van der Waals surface area contributed by atoms with Crippen molar-refractivity contribution in [2.24, 2.45) is 0 Å². The van der Waals surface area contributed by atoms with E-state index in [0.29, 0.717) is 29.0 Å². The van der Waals surface area contributed by atoms with Crippen molar-refractivity contribution in [2.45, 2.75) is 37.7 Å². The first-order valence-electron chi connectivity index (χ1n) is 11.7. The molecule has 3 aromatic carbocycles. The van der Waals surface area contributed by atoms with Gasteiger partial charge in [-0.3, -0.25) is 9.10 Å². The number of sulfonamides is 1. The predicted molar refractivity (Wildman–Crippen MR) is 143 cm³/mol. The molecular weight excluding hydrogens is 517 g/mol. The SMILES string of the molecule is COC(=O)CC[C@H]1CN(S(=O)(=O)c2cccc(C)c2)c2cc(/C(C)=C/c3c(F)cccc3Cl)ccc2O1. The van der Waals surface area contributed by atoms with Crippen LogP contribution in [-0.4, -0.2) is 34.1 Å². The highest BCUT2D eigenvalue weighted by Gasteiger charge is 2.35. The van der Waals surface area contributed by atoms with Crippen LogP contribution < -0.4 is 9.04 Å². The van der Waals surface area contributed by atoms with Gasteiger partial charge >= 0.3 is 5.97 Å². The fraction of sp³-hybridized carbons (Fsp3) is 0.250. The molecule has 194 valence electrons. The zero-order chi connectivity index (χ0) is 26.7. The number of aryl methyl sites for hydroxylation is 1. The molecule has 0 aliphatic carbocycles. The van der Waals surface area contributed by atoms with Crippen molar-refractivity contribution in [1.82, 2.24) is 0 Å². The van der Waals surface area contributed by atoms with Crippen LogP contribution >= 0.6 is 11.6 Å². The fourth-order valence-electron chi connectivity index (χ4n) is 4.17. The van der Waals surface area contributed by atoms with Gasteiger partial charge in [0.05, 0.1) is 29.3 Å². The van der Waals surface area contributed by atoms with Crippen molar-refractivity contribution in [3.05, 3.63) is 88.2 Å². The second-order valence-corrected chi connectivity index (χ2v) is 11.1. The summed E-state index contributed by atoms with van der Waals surface area (Å²) in [6.45, 7) is 3.64. The topological polar surface area (TPSA) is 72.9 Å². The molecule has 0 amide bonds. The number of hydrogen-bond donors (Lipinski definition) is 0. The van der Waals surface area contributed by atoms with Crippen LogP contribution in [0.4, 0.5) is 10.1 Å². The third-order valence-corrected chi connectivity index (χ3v) is 8.29. The summed E-state index contributed by atoms with van der Waals surface area (Å²) < 4.78 is 54.1. The van der Waals surface area contributed by atoms with Gasteiger partial charge in [-0.2, -0.15) is 0 Å². The van der Waals surface area contributed by atoms with Gasteiger partial charge in [-0.15, -0.1) is 0 Å². The first kappa shape index (κ1) is 26.7. The van der Waals surface area contributed by atoms with Gasteiger partial charge < -0.3 is 9.47 Å². The van der Waals surface area contributed by atoms with E-state index in [1.165, 1.54) is 23.5 Å². The summed E-state index contributed by atoms with van der Waals surface area (Å²) in [5, 5.41) is 0.276. The molecule has 0 unspecified atom stereocenters. The summed E-state index contributed by atoms with van der Waals surface area (Å²) in [6, 6.07) is 16.3. The molecular formula is C28H27ClFNO5S. The molecule has 4 rings (SSSR count). The third kappa shape index (κ3) is 5.81. The molecule has 1 aliphatic heterocycles. The lowest BCUT2D eigenvalue weighted by molar-refractivity contribution is -0.141. The molecule has 0 radical (unpaired) electrons. The van der Waals surface area contributed by atoms with Crippen LogP contribution in [0, 0.1) is 12.7 Å². The zero-order valence-electron chi connectivity index (χ0n) is 20.7. The Bertz CT molecular complexity index is 1450. The van der Waals surface area contributed by atoms with Crippen molar-refractivity contribution < 1.29 is 27.1 Å². The number of benzene rings is 3. The minimum Gasteiger partial charge on any atom is -0.486 e.